The molecule has 3 rings (SSSR count). The van der Waals surface area contributed by atoms with Gasteiger partial charge < -0.3 is 10.0 Å². The fraction of sp³-hybridized carbons (Fsp3) is 0.333. The molecule has 0 radical (unpaired) electrons. The number of para-hydroxylation sites is 1. The number of aromatic nitrogens is 2. The van der Waals surface area contributed by atoms with Crippen molar-refractivity contribution in [2.45, 2.75) is 19.0 Å². The molecule has 120 valence electrons. The number of aliphatic carboxylic acids is 1. The van der Waals surface area contributed by atoms with Gasteiger partial charge in [0.2, 0.25) is 5.91 Å². The van der Waals surface area contributed by atoms with E-state index in [4.69, 9.17) is 5.11 Å². The van der Waals surface area contributed by atoms with E-state index >= 15 is 0 Å². The maximum Gasteiger partial charge on any atom is 0.327 e. The summed E-state index contributed by atoms with van der Waals surface area (Å²) in [4.78, 5) is 41.2. The van der Waals surface area contributed by atoms with E-state index in [1.165, 1.54) is 27.6 Å². The smallest absolute Gasteiger partial charge is 0.327 e. The van der Waals surface area contributed by atoms with Gasteiger partial charge in [0.1, 0.15) is 6.04 Å². The molecule has 0 saturated carbocycles. The third-order valence-corrected chi connectivity index (χ3v) is 4.80. The quantitative estimate of drug-likeness (QED) is 0.888. The Morgan fingerprint density at radius 3 is 2.91 bits per heavy atom. The first kappa shape index (κ1) is 15.5. The summed E-state index contributed by atoms with van der Waals surface area (Å²) >= 11 is 1.42. The van der Waals surface area contributed by atoms with E-state index in [1.54, 1.807) is 24.3 Å². The van der Waals surface area contributed by atoms with Crippen molar-refractivity contribution in [3.05, 3.63) is 40.9 Å². The highest BCUT2D eigenvalue weighted by molar-refractivity contribution is 7.99. The van der Waals surface area contributed by atoms with Gasteiger partial charge in [0, 0.05) is 18.7 Å². The Balaban J connectivity index is 1.73. The molecule has 2 aromatic rings. The molecule has 1 aromatic carbocycles. The van der Waals surface area contributed by atoms with Gasteiger partial charge >= 0.3 is 5.97 Å². The van der Waals surface area contributed by atoms with Crippen molar-refractivity contribution in [2.24, 2.45) is 0 Å². The molecular formula is C15H15N3O4S. The highest BCUT2D eigenvalue weighted by Crippen LogP contribution is 2.21. The predicted molar refractivity (Wildman–Crippen MR) is 86.2 cm³/mol. The van der Waals surface area contributed by atoms with Crippen molar-refractivity contribution >= 4 is 34.5 Å². The molecule has 1 atom stereocenters. The highest BCUT2D eigenvalue weighted by atomic mass is 32.2. The number of carbonyl (C=O) groups excluding carboxylic acids is 1. The Kier molecular flexibility index (Phi) is 4.33. The van der Waals surface area contributed by atoms with Crippen LogP contribution in [0.3, 0.4) is 0 Å². The van der Waals surface area contributed by atoms with Crippen LogP contribution in [0.4, 0.5) is 0 Å². The lowest BCUT2D eigenvalue weighted by molar-refractivity contribution is -0.147. The Morgan fingerprint density at radius 1 is 1.35 bits per heavy atom. The fourth-order valence-electron chi connectivity index (χ4n) is 2.52. The lowest BCUT2D eigenvalue weighted by atomic mass is 10.2. The number of carboxylic acids is 1. The predicted octanol–water partition coefficient (Wildman–Crippen LogP) is 0.773. The van der Waals surface area contributed by atoms with Gasteiger partial charge in [-0.2, -0.15) is 0 Å². The summed E-state index contributed by atoms with van der Waals surface area (Å²) in [5.74, 6) is -0.477. The van der Waals surface area contributed by atoms with Gasteiger partial charge in [-0.05, 0) is 12.1 Å². The Morgan fingerprint density at radius 2 is 2.13 bits per heavy atom. The number of fused-ring (bicyclic) bond motifs is 1. The number of hydrogen-bond donors (Lipinski definition) is 1. The minimum atomic E-state index is -0.993. The largest absolute Gasteiger partial charge is 0.480 e. The molecule has 1 N–H and O–H groups in total. The lowest BCUT2D eigenvalue weighted by Gasteiger charge is -2.20. The second-order valence-corrected chi connectivity index (χ2v) is 6.23. The molecule has 1 aromatic heterocycles. The van der Waals surface area contributed by atoms with Gasteiger partial charge in [-0.15, -0.1) is 11.8 Å². The van der Waals surface area contributed by atoms with Crippen molar-refractivity contribution in [3.63, 3.8) is 0 Å². The van der Waals surface area contributed by atoms with E-state index in [1.807, 2.05) is 0 Å². The second kappa shape index (κ2) is 6.41. The zero-order valence-electron chi connectivity index (χ0n) is 12.2. The number of amides is 1. The first-order chi connectivity index (χ1) is 11.1. The summed E-state index contributed by atoms with van der Waals surface area (Å²) in [6.07, 6.45) is 1.50. The Bertz CT molecular complexity index is 820. The summed E-state index contributed by atoms with van der Waals surface area (Å²) < 4.78 is 1.39. The molecule has 1 fully saturated rings. The van der Waals surface area contributed by atoms with Crippen molar-refractivity contribution in [2.75, 3.05) is 11.6 Å². The zero-order chi connectivity index (χ0) is 16.4. The van der Waals surface area contributed by atoms with Crippen molar-refractivity contribution in [3.8, 4) is 0 Å². The van der Waals surface area contributed by atoms with Gasteiger partial charge in [-0.3, -0.25) is 14.2 Å². The second-order valence-electron chi connectivity index (χ2n) is 5.23. The van der Waals surface area contributed by atoms with Gasteiger partial charge in [0.25, 0.3) is 5.56 Å². The standard InChI is InChI=1S/C15H15N3O4S/c19-13(18-9-23-7-12(18)15(21)22)5-6-17-8-16-11-4-2-1-3-10(11)14(17)20/h1-4,8,12H,5-7,9H2,(H,21,22). The number of rotatable bonds is 4. The molecule has 2 heterocycles. The van der Waals surface area contributed by atoms with E-state index in [0.717, 1.165) is 0 Å². The first-order valence-corrected chi connectivity index (χ1v) is 8.27. The maximum absolute atomic E-state index is 12.3. The van der Waals surface area contributed by atoms with Crippen LogP contribution in [0.25, 0.3) is 10.9 Å². The van der Waals surface area contributed by atoms with Crippen LogP contribution in [0.5, 0.6) is 0 Å². The summed E-state index contributed by atoms with van der Waals surface area (Å²) in [7, 11) is 0. The van der Waals surface area contributed by atoms with E-state index < -0.39 is 12.0 Å². The van der Waals surface area contributed by atoms with Crippen LogP contribution in [0.1, 0.15) is 6.42 Å². The first-order valence-electron chi connectivity index (χ1n) is 7.12. The van der Waals surface area contributed by atoms with E-state index in [9.17, 15) is 14.4 Å². The molecule has 1 aliphatic heterocycles. The van der Waals surface area contributed by atoms with Gasteiger partial charge in [-0.25, -0.2) is 9.78 Å². The van der Waals surface area contributed by atoms with Crippen LogP contribution in [0.15, 0.2) is 35.4 Å². The van der Waals surface area contributed by atoms with Crippen LogP contribution in [-0.4, -0.2) is 49.1 Å². The Hall–Kier alpha value is -2.35. The number of benzene rings is 1. The third-order valence-electron chi connectivity index (χ3n) is 3.79. The number of thioether (sulfide) groups is 1. The lowest BCUT2D eigenvalue weighted by Crippen LogP contribution is -2.42. The molecule has 1 amide bonds. The number of carboxylic acid groups (broad SMARTS) is 1. The number of hydrogen-bond acceptors (Lipinski definition) is 5. The monoisotopic (exact) mass is 333 g/mol. The van der Waals surface area contributed by atoms with E-state index in [0.29, 0.717) is 22.5 Å². The van der Waals surface area contributed by atoms with Gasteiger partial charge in [-0.1, -0.05) is 12.1 Å². The van der Waals surface area contributed by atoms with E-state index in [2.05, 4.69) is 4.98 Å². The van der Waals surface area contributed by atoms with Crippen LogP contribution < -0.4 is 5.56 Å². The zero-order valence-corrected chi connectivity index (χ0v) is 13.0. The normalized spacial score (nSPS) is 17.6. The molecule has 8 heteroatoms. The molecule has 0 spiro atoms. The molecule has 1 unspecified atom stereocenters. The molecular weight excluding hydrogens is 318 g/mol. The molecule has 1 saturated heterocycles. The third kappa shape index (κ3) is 3.07. The van der Waals surface area contributed by atoms with Crippen LogP contribution in [-0.2, 0) is 16.1 Å². The van der Waals surface area contributed by atoms with Gasteiger partial charge in [0.15, 0.2) is 0 Å². The number of nitrogens with zero attached hydrogens (tertiary/aromatic N) is 3. The molecule has 0 aliphatic carbocycles. The van der Waals surface area contributed by atoms with Crippen molar-refractivity contribution in [1.82, 2.24) is 14.5 Å². The van der Waals surface area contributed by atoms with Crippen molar-refractivity contribution < 1.29 is 14.7 Å². The minimum Gasteiger partial charge on any atom is -0.480 e. The fourth-order valence-corrected chi connectivity index (χ4v) is 3.69. The molecule has 7 nitrogen and oxygen atoms in total. The maximum atomic E-state index is 12.3. The SMILES string of the molecule is O=C(O)C1CSCN1C(=O)CCn1cnc2ccccc2c1=O. The summed E-state index contributed by atoms with van der Waals surface area (Å²) in [5.41, 5.74) is 0.413. The van der Waals surface area contributed by atoms with Crippen molar-refractivity contribution in [1.29, 1.82) is 0 Å². The molecule has 1 aliphatic rings. The Labute approximate surface area is 135 Å². The van der Waals surface area contributed by atoms with Crippen LogP contribution >= 0.6 is 11.8 Å². The van der Waals surface area contributed by atoms with Crippen LogP contribution in [0.2, 0.25) is 0 Å². The van der Waals surface area contributed by atoms with E-state index in [-0.39, 0.29) is 24.4 Å². The summed E-state index contributed by atoms with van der Waals surface area (Å²) in [5, 5.41) is 9.61. The summed E-state index contributed by atoms with van der Waals surface area (Å²) in [6.45, 7) is 0.184. The average Bonchev–Trinajstić information content (AvgIpc) is 3.04. The highest BCUT2D eigenvalue weighted by Gasteiger charge is 2.34. The topological polar surface area (TPSA) is 92.5 Å². The number of aryl methyl sites for hydroxylation is 1. The summed E-state index contributed by atoms with van der Waals surface area (Å²) in [6, 6.07) is 6.24. The number of carbonyl (C=O) groups is 2. The molecule has 23 heavy (non-hydrogen) atoms. The van der Waals surface area contributed by atoms with Crippen LogP contribution in [0, 0.1) is 0 Å². The van der Waals surface area contributed by atoms with Gasteiger partial charge in [0.05, 0.1) is 23.1 Å². The average molecular weight is 333 g/mol. The minimum absolute atomic E-state index is 0.0737. The molecule has 0 bridgehead atoms.